The molecule has 0 fully saturated rings. The van der Waals surface area contributed by atoms with Crippen LogP contribution in [0.3, 0.4) is 0 Å². The van der Waals surface area contributed by atoms with Crippen LogP contribution in [0.15, 0.2) is 79.3 Å². The van der Waals surface area contributed by atoms with Crippen LogP contribution in [0.25, 0.3) is 28.3 Å². The molecule has 178 valence electrons. The molecule has 9 heteroatoms. The van der Waals surface area contributed by atoms with Gasteiger partial charge >= 0.3 is 0 Å². The Labute approximate surface area is 207 Å². The second-order valence-corrected chi connectivity index (χ2v) is 9.01. The first kappa shape index (κ1) is 21.7. The minimum Gasteiger partial charge on any atom is -0.384 e. The van der Waals surface area contributed by atoms with Crippen molar-refractivity contribution in [3.8, 4) is 28.3 Å². The maximum Gasteiger partial charge on any atom is 0.260 e. The second kappa shape index (κ2) is 8.46. The van der Waals surface area contributed by atoms with E-state index in [0.29, 0.717) is 35.3 Å². The number of benzene rings is 2. The zero-order valence-corrected chi connectivity index (χ0v) is 19.9. The lowest BCUT2D eigenvalue weighted by atomic mass is 10.0. The molecule has 5 aromatic rings. The lowest BCUT2D eigenvalue weighted by Crippen LogP contribution is -2.24. The fourth-order valence-corrected chi connectivity index (χ4v) is 4.49. The van der Waals surface area contributed by atoms with E-state index < -0.39 is 0 Å². The van der Waals surface area contributed by atoms with E-state index in [-0.39, 0.29) is 11.9 Å². The van der Waals surface area contributed by atoms with Gasteiger partial charge in [0.25, 0.3) is 5.91 Å². The molecule has 0 aliphatic carbocycles. The molecule has 0 saturated heterocycles. The minimum absolute atomic E-state index is 0.0669. The maximum absolute atomic E-state index is 13.4. The van der Waals surface area contributed by atoms with Gasteiger partial charge in [0, 0.05) is 17.7 Å². The van der Waals surface area contributed by atoms with Crippen LogP contribution in [0.5, 0.6) is 0 Å². The van der Waals surface area contributed by atoms with Gasteiger partial charge in [0.2, 0.25) is 0 Å². The Morgan fingerprint density at radius 2 is 1.78 bits per heavy atom. The molecule has 9 nitrogen and oxygen atoms in total. The predicted octanol–water partition coefficient (Wildman–Crippen LogP) is 4.52. The fourth-order valence-electron chi connectivity index (χ4n) is 4.49. The lowest BCUT2D eigenvalue weighted by molar-refractivity contribution is 0.0996. The highest BCUT2D eigenvalue weighted by atomic mass is 16.2. The van der Waals surface area contributed by atoms with E-state index in [1.807, 2.05) is 65.2 Å². The van der Waals surface area contributed by atoms with E-state index in [2.05, 4.69) is 29.1 Å². The van der Waals surface area contributed by atoms with Crippen molar-refractivity contribution in [2.45, 2.75) is 26.4 Å². The van der Waals surface area contributed by atoms with Gasteiger partial charge in [-0.1, -0.05) is 30.3 Å². The molecule has 1 aliphatic rings. The van der Waals surface area contributed by atoms with Crippen molar-refractivity contribution < 1.29 is 4.79 Å². The Morgan fingerprint density at radius 3 is 2.53 bits per heavy atom. The number of fused-ring (bicyclic) bond motifs is 1. The molecule has 2 aromatic carbocycles. The van der Waals surface area contributed by atoms with Crippen LogP contribution in [-0.2, 0) is 6.54 Å². The summed E-state index contributed by atoms with van der Waals surface area (Å²) in [5.41, 5.74) is 11.2. The van der Waals surface area contributed by atoms with Gasteiger partial charge in [-0.15, -0.1) is 10.2 Å². The normalized spacial score (nSPS) is 13.0. The summed E-state index contributed by atoms with van der Waals surface area (Å²) in [5, 5.41) is 12.5. The molecule has 1 aliphatic heterocycles. The van der Waals surface area contributed by atoms with Gasteiger partial charge in [0.15, 0.2) is 5.82 Å². The van der Waals surface area contributed by atoms with Crippen LogP contribution < -0.4 is 10.6 Å². The van der Waals surface area contributed by atoms with E-state index in [1.165, 1.54) is 0 Å². The van der Waals surface area contributed by atoms with E-state index >= 15 is 0 Å². The molecular weight excluding hydrogens is 452 g/mol. The number of nitrogen functional groups attached to an aromatic ring is 1. The van der Waals surface area contributed by atoms with Crippen molar-refractivity contribution in [1.29, 1.82) is 0 Å². The third kappa shape index (κ3) is 3.61. The first-order valence-electron chi connectivity index (χ1n) is 11.7. The monoisotopic (exact) mass is 476 g/mol. The van der Waals surface area contributed by atoms with Crippen LogP contribution in [-0.4, -0.2) is 35.4 Å². The van der Waals surface area contributed by atoms with Crippen LogP contribution >= 0.6 is 0 Å². The SMILES string of the molecule is CC(C)n1cnnc1-c1cccc(N2Cc3ccc(-c4ccc(-n5nccc5N)cc4)cc3C2=O)n1. The van der Waals surface area contributed by atoms with Crippen LogP contribution in [0.1, 0.15) is 35.8 Å². The van der Waals surface area contributed by atoms with Gasteiger partial charge in [-0.05, 0) is 60.9 Å². The summed E-state index contributed by atoms with van der Waals surface area (Å²) in [6.07, 6.45) is 3.37. The average Bonchev–Trinajstić information content (AvgIpc) is 3.63. The van der Waals surface area contributed by atoms with Crippen molar-refractivity contribution in [3.63, 3.8) is 0 Å². The zero-order chi connectivity index (χ0) is 24.8. The van der Waals surface area contributed by atoms with E-state index in [0.717, 1.165) is 22.4 Å². The van der Waals surface area contributed by atoms with Crippen molar-refractivity contribution in [1.82, 2.24) is 29.5 Å². The van der Waals surface area contributed by atoms with Gasteiger partial charge < -0.3 is 10.3 Å². The maximum atomic E-state index is 13.4. The highest BCUT2D eigenvalue weighted by molar-refractivity contribution is 6.10. The van der Waals surface area contributed by atoms with Crippen molar-refractivity contribution >= 4 is 17.5 Å². The number of nitrogens with two attached hydrogens (primary N) is 1. The summed E-state index contributed by atoms with van der Waals surface area (Å²) < 4.78 is 3.64. The first-order valence-corrected chi connectivity index (χ1v) is 11.7. The Hall–Kier alpha value is -4.79. The Bertz CT molecular complexity index is 1580. The smallest absolute Gasteiger partial charge is 0.260 e. The molecule has 36 heavy (non-hydrogen) atoms. The molecular formula is C27H24N8O. The summed E-state index contributed by atoms with van der Waals surface area (Å²) in [7, 11) is 0. The van der Waals surface area contributed by atoms with Gasteiger partial charge in [0.1, 0.15) is 23.7 Å². The number of aromatic nitrogens is 6. The topological polar surface area (TPSA) is 108 Å². The summed E-state index contributed by atoms with van der Waals surface area (Å²) in [6, 6.07) is 21.5. The quantitative estimate of drug-likeness (QED) is 0.400. The summed E-state index contributed by atoms with van der Waals surface area (Å²) in [5.74, 6) is 1.78. The number of rotatable bonds is 5. The molecule has 0 radical (unpaired) electrons. The molecule has 2 N–H and O–H groups in total. The van der Waals surface area contributed by atoms with Crippen LogP contribution in [0.2, 0.25) is 0 Å². The predicted molar refractivity (Wildman–Crippen MR) is 138 cm³/mol. The Morgan fingerprint density at radius 1 is 0.972 bits per heavy atom. The third-order valence-corrected chi connectivity index (χ3v) is 6.40. The highest BCUT2D eigenvalue weighted by Gasteiger charge is 2.30. The van der Waals surface area contributed by atoms with Gasteiger partial charge in [0.05, 0.1) is 18.4 Å². The number of carbonyl (C=O) groups excluding carboxylic acids is 1. The van der Waals surface area contributed by atoms with Crippen molar-refractivity contribution in [2.75, 3.05) is 10.6 Å². The fraction of sp³-hybridized carbons (Fsp3) is 0.148. The lowest BCUT2D eigenvalue weighted by Gasteiger charge is -2.16. The minimum atomic E-state index is -0.0669. The number of amides is 1. The number of anilines is 2. The molecule has 0 spiro atoms. The number of hydrogen-bond acceptors (Lipinski definition) is 6. The van der Waals surface area contributed by atoms with Crippen molar-refractivity contribution in [2.24, 2.45) is 0 Å². The summed E-state index contributed by atoms with van der Waals surface area (Å²) >= 11 is 0. The summed E-state index contributed by atoms with van der Waals surface area (Å²) in [6.45, 7) is 4.60. The molecule has 0 atom stereocenters. The number of nitrogens with zero attached hydrogens (tertiary/aromatic N) is 7. The highest BCUT2D eigenvalue weighted by Crippen LogP contribution is 2.32. The number of pyridine rings is 1. The third-order valence-electron chi connectivity index (χ3n) is 6.40. The van der Waals surface area contributed by atoms with Crippen LogP contribution in [0.4, 0.5) is 11.6 Å². The molecule has 3 aromatic heterocycles. The number of carbonyl (C=O) groups is 1. The summed E-state index contributed by atoms with van der Waals surface area (Å²) in [4.78, 5) is 19.9. The van der Waals surface area contributed by atoms with E-state index in [4.69, 9.17) is 10.7 Å². The largest absolute Gasteiger partial charge is 0.384 e. The standard InChI is InChI=1S/C27H24N8O/c1-17(2)34-16-29-32-26(34)23-4-3-5-25(31-23)33-15-20-7-6-19(14-22(20)27(33)36)18-8-10-21(11-9-18)35-24(28)12-13-30-35/h3-14,16-17H,15,28H2,1-2H3. The van der Waals surface area contributed by atoms with E-state index in [1.54, 1.807) is 28.2 Å². The van der Waals surface area contributed by atoms with Crippen molar-refractivity contribution in [3.05, 3.63) is 90.4 Å². The molecule has 0 unspecified atom stereocenters. The molecule has 1 amide bonds. The molecule has 0 saturated carbocycles. The number of hydrogen-bond donors (Lipinski definition) is 1. The first-order chi connectivity index (χ1) is 17.5. The van der Waals surface area contributed by atoms with Gasteiger partial charge in [-0.25, -0.2) is 9.67 Å². The molecule has 4 heterocycles. The average molecular weight is 477 g/mol. The van der Waals surface area contributed by atoms with Crippen LogP contribution in [0, 0.1) is 0 Å². The Balaban J connectivity index is 1.28. The van der Waals surface area contributed by atoms with Gasteiger partial charge in [-0.3, -0.25) is 9.69 Å². The Kier molecular flexibility index (Phi) is 5.10. The van der Waals surface area contributed by atoms with E-state index in [9.17, 15) is 4.79 Å². The van der Waals surface area contributed by atoms with Gasteiger partial charge in [-0.2, -0.15) is 5.10 Å². The second-order valence-electron chi connectivity index (χ2n) is 9.01. The zero-order valence-electron chi connectivity index (χ0n) is 19.9. The molecule has 6 rings (SSSR count). The molecule has 0 bridgehead atoms.